The van der Waals surface area contributed by atoms with E-state index in [1.54, 1.807) is 25.3 Å². The van der Waals surface area contributed by atoms with Gasteiger partial charge in [-0.3, -0.25) is 4.79 Å². The molecule has 4 unspecified atom stereocenters. The molecular formula is C28H39N5O5. The molecule has 3 fully saturated rings. The largest absolute Gasteiger partial charge is 0.508 e. The summed E-state index contributed by atoms with van der Waals surface area (Å²) in [6.45, 7) is 3.37. The van der Waals surface area contributed by atoms with Crippen LogP contribution in [0.1, 0.15) is 60.7 Å². The Morgan fingerprint density at radius 1 is 1.13 bits per heavy atom. The van der Waals surface area contributed by atoms with Crippen molar-refractivity contribution in [2.75, 3.05) is 45.3 Å². The first-order valence-corrected chi connectivity index (χ1v) is 13.7. The predicted octanol–water partition coefficient (Wildman–Crippen LogP) is 2.90. The maximum absolute atomic E-state index is 13.2. The fourth-order valence-electron chi connectivity index (χ4n) is 5.62. The number of ether oxygens (including phenoxy) is 3. The van der Waals surface area contributed by atoms with Crippen molar-refractivity contribution in [1.82, 2.24) is 20.2 Å². The Morgan fingerprint density at radius 3 is 2.74 bits per heavy atom. The van der Waals surface area contributed by atoms with Crippen molar-refractivity contribution in [3.8, 4) is 5.75 Å². The van der Waals surface area contributed by atoms with Gasteiger partial charge in [0.1, 0.15) is 23.6 Å². The van der Waals surface area contributed by atoms with Crippen LogP contribution in [0, 0.1) is 0 Å². The van der Waals surface area contributed by atoms with E-state index in [-0.39, 0.29) is 30.0 Å². The van der Waals surface area contributed by atoms with Crippen molar-refractivity contribution in [1.29, 1.82) is 0 Å². The molecule has 0 aliphatic carbocycles. The van der Waals surface area contributed by atoms with E-state index in [0.29, 0.717) is 49.8 Å². The molecule has 0 spiro atoms. The highest BCUT2D eigenvalue weighted by atomic mass is 16.5. The lowest BCUT2D eigenvalue weighted by Crippen LogP contribution is -2.54. The van der Waals surface area contributed by atoms with Gasteiger partial charge in [0, 0.05) is 51.5 Å². The number of anilines is 1. The standard InChI is InChI=1S/C28H39N5O5/c1-36-26-17-37-14-11-23(26)32-20-9-12-33(13-10-20)28(35)24-15-27(31-18-30-24)29-16-22-3-2-4-25(38-22)19-5-7-21(34)8-6-19/h5-8,15,18,20,22-23,25-26,32,34H,2-4,9-14,16-17H2,1H3,(H,29,30,31). The Balaban J connectivity index is 1.10. The van der Waals surface area contributed by atoms with Gasteiger partial charge in [0.15, 0.2) is 0 Å². The normalized spacial score (nSPS) is 26.7. The van der Waals surface area contributed by atoms with E-state index in [9.17, 15) is 9.90 Å². The number of piperidine rings is 1. The first-order valence-electron chi connectivity index (χ1n) is 13.7. The summed E-state index contributed by atoms with van der Waals surface area (Å²) in [6.07, 6.45) is 7.30. The van der Waals surface area contributed by atoms with Crippen molar-refractivity contribution in [2.45, 2.75) is 68.9 Å². The zero-order chi connectivity index (χ0) is 26.3. The topological polar surface area (TPSA) is 118 Å². The third-order valence-electron chi connectivity index (χ3n) is 7.85. The van der Waals surface area contributed by atoms with E-state index in [4.69, 9.17) is 14.2 Å². The summed E-state index contributed by atoms with van der Waals surface area (Å²) in [6, 6.07) is 9.61. The number of phenolic OH excluding ortho intramolecular Hbond substituents is 1. The lowest BCUT2D eigenvalue weighted by Gasteiger charge is -2.38. The van der Waals surface area contributed by atoms with Gasteiger partial charge in [0.25, 0.3) is 5.91 Å². The monoisotopic (exact) mass is 525 g/mol. The van der Waals surface area contributed by atoms with Crippen LogP contribution in [0.3, 0.4) is 0 Å². The summed E-state index contributed by atoms with van der Waals surface area (Å²) >= 11 is 0. The number of benzene rings is 1. The van der Waals surface area contributed by atoms with Crippen molar-refractivity contribution in [2.24, 2.45) is 0 Å². The molecular weight excluding hydrogens is 486 g/mol. The second kappa shape index (κ2) is 12.8. The molecule has 10 nitrogen and oxygen atoms in total. The Morgan fingerprint density at radius 2 is 1.95 bits per heavy atom. The Bertz CT molecular complexity index is 1050. The number of phenols is 1. The van der Waals surface area contributed by atoms with E-state index in [1.807, 2.05) is 17.0 Å². The number of nitrogens with zero attached hydrogens (tertiary/aromatic N) is 3. The van der Waals surface area contributed by atoms with Gasteiger partial charge in [-0.05, 0) is 56.2 Å². The molecule has 1 aromatic carbocycles. The summed E-state index contributed by atoms with van der Waals surface area (Å²) in [4.78, 5) is 23.7. The van der Waals surface area contributed by atoms with Crippen LogP contribution in [0.2, 0.25) is 0 Å². The molecule has 5 rings (SSSR count). The number of likely N-dealkylation sites (tertiary alicyclic amines) is 1. The molecule has 10 heteroatoms. The smallest absolute Gasteiger partial charge is 0.272 e. The highest BCUT2D eigenvalue weighted by Gasteiger charge is 2.31. The summed E-state index contributed by atoms with van der Waals surface area (Å²) < 4.78 is 17.4. The van der Waals surface area contributed by atoms with E-state index >= 15 is 0 Å². The number of methoxy groups -OCH3 is 1. The lowest BCUT2D eigenvalue weighted by atomic mass is 9.98. The van der Waals surface area contributed by atoms with Gasteiger partial charge >= 0.3 is 0 Å². The van der Waals surface area contributed by atoms with Crippen molar-refractivity contribution in [3.05, 3.63) is 47.9 Å². The Labute approximate surface area is 224 Å². The summed E-state index contributed by atoms with van der Waals surface area (Å²) in [5.41, 5.74) is 1.48. The van der Waals surface area contributed by atoms with Crippen LogP contribution >= 0.6 is 0 Å². The molecule has 38 heavy (non-hydrogen) atoms. The maximum Gasteiger partial charge on any atom is 0.272 e. The number of nitrogens with one attached hydrogen (secondary N) is 2. The van der Waals surface area contributed by atoms with Crippen molar-refractivity contribution < 1.29 is 24.1 Å². The van der Waals surface area contributed by atoms with Crippen LogP contribution in [0.5, 0.6) is 5.75 Å². The van der Waals surface area contributed by atoms with Crippen LogP contribution in [0.25, 0.3) is 0 Å². The fraction of sp³-hybridized carbons (Fsp3) is 0.607. The molecule has 0 bridgehead atoms. The maximum atomic E-state index is 13.2. The zero-order valence-electron chi connectivity index (χ0n) is 22.1. The number of amides is 1. The number of carbonyl (C=O) groups excluding carboxylic acids is 1. The minimum absolute atomic E-state index is 0.0166. The molecule has 3 aliphatic heterocycles. The Kier molecular flexibility index (Phi) is 9.06. The van der Waals surface area contributed by atoms with Crippen molar-refractivity contribution >= 4 is 11.7 Å². The molecule has 1 aromatic heterocycles. The Hall–Kier alpha value is -2.79. The summed E-state index contributed by atoms with van der Waals surface area (Å²) in [5, 5.41) is 16.6. The summed E-state index contributed by atoms with van der Waals surface area (Å²) in [7, 11) is 1.73. The van der Waals surface area contributed by atoms with Crippen LogP contribution in [-0.2, 0) is 14.2 Å². The molecule has 2 aromatic rings. The number of hydrogen-bond acceptors (Lipinski definition) is 9. The van der Waals surface area contributed by atoms with E-state index < -0.39 is 0 Å². The predicted molar refractivity (Wildman–Crippen MR) is 142 cm³/mol. The first kappa shape index (κ1) is 26.8. The number of carbonyl (C=O) groups is 1. The van der Waals surface area contributed by atoms with Gasteiger partial charge in [-0.15, -0.1) is 0 Å². The molecule has 0 saturated carbocycles. The van der Waals surface area contributed by atoms with Gasteiger partial charge < -0.3 is 34.9 Å². The SMILES string of the molecule is COC1COCCC1NC1CCN(C(=O)c2cc(NCC3CCCC(c4ccc(O)cc4)O3)ncn2)CC1. The number of aromatic hydroxyl groups is 1. The molecule has 4 heterocycles. The second-order valence-corrected chi connectivity index (χ2v) is 10.4. The number of hydrogen-bond donors (Lipinski definition) is 3. The molecule has 1 amide bonds. The van der Waals surface area contributed by atoms with Gasteiger partial charge in [-0.1, -0.05) is 12.1 Å². The van der Waals surface area contributed by atoms with E-state index in [1.165, 1.54) is 6.33 Å². The quantitative estimate of drug-likeness (QED) is 0.478. The fourth-order valence-corrected chi connectivity index (χ4v) is 5.62. The van der Waals surface area contributed by atoms with Gasteiger partial charge in [0.2, 0.25) is 0 Å². The average molecular weight is 526 g/mol. The van der Waals surface area contributed by atoms with Crippen LogP contribution in [0.4, 0.5) is 5.82 Å². The van der Waals surface area contributed by atoms with Crippen LogP contribution in [-0.4, -0.2) is 90.1 Å². The minimum Gasteiger partial charge on any atom is -0.508 e. The van der Waals surface area contributed by atoms with Gasteiger partial charge in [0.05, 0.1) is 24.9 Å². The number of rotatable bonds is 8. The molecule has 3 aliphatic rings. The lowest BCUT2D eigenvalue weighted by molar-refractivity contribution is -0.0533. The van der Waals surface area contributed by atoms with Crippen molar-refractivity contribution in [3.63, 3.8) is 0 Å². The third kappa shape index (κ3) is 6.79. The van der Waals surface area contributed by atoms with Gasteiger partial charge in [-0.2, -0.15) is 0 Å². The van der Waals surface area contributed by atoms with E-state index in [2.05, 4.69) is 20.6 Å². The average Bonchev–Trinajstić information content (AvgIpc) is 2.97. The second-order valence-electron chi connectivity index (χ2n) is 10.4. The molecule has 206 valence electrons. The van der Waals surface area contributed by atoms with E-state index in [0.717, 1.165) is 50.7 Å². The third-order valence-corrected chi connectivity index (χ3v) is 7.85. The molecule has 4 atom stereocenters. The molecule has 3 saturated heterocycles. The minimum atomic E-state index is -0.0592. The van der Waals surface area contributed by atoms with Crippen LogP contribution < -0.4 is 10.6 Å². The first-order chi connectivity index (χ1) is 18.6. The molecule has 3 N–H and O–H groups in total. The highest BCUT2D eigenvalue weighted by Crippen LogP contribution is 2.32. The van der Waals surface area contributed by atoms with Crippen LogP contribution in [0.15, 0.2) is 36.7 Å². The molecule has 0 radical (unpaired) electrons. The summed E-state index contributed by atoms with van der Waals surface area (Å²) in [5.74, 6) is 0.824. The zero-order valence-corrected chi connectivity index (χ0v) is 22.1. The van der Waals surface area contributed by atoms with Gasteiger partial charge in [-0.25, -0.2) is 9.97 Å². The highest BCUT2D eigenvalue weighted by molar-refractivity contribution is 5.93. The number of aromatic nitrogens is 2.